The molecule has 13 nitrogen and oxygen atoms in total. The summed E-state index contributed by atoms with van der Waals surface area (Å²) in [6, 6.07) is -0.348. The van der Waals surface area contributed by atoms with Gasteiger partial charge >= 0.3 is 0 Å². The van der Waals surface area contributed by atoms with Crippen LogP contribution in [0.1, 0.15) is 39.5 Å². The van der Waals surface area contributed by atoms with Crippen molar-refractivity contribution in [3.05, 3.63) is 0 Å². The van der Waals surface area contributed by atoms with Crippen LogP contribution in [0.4, 0.5) is 0 Å². The van der Waals surface area contributed by atoms with E-state index >= 15 is 0 Å². The van der Waals surface area contributed by atoms with Crippen LogP contribution >= 0.6 is 0 Å². The monoisotopic (exact) mass is 505 g/mol. The van der Waals surface area contributed by atoms with Gasteiger partial charge in [0.1, 0.15) is 19.0 Å². The van der Waals surface area contributed by atoms with Crippen molar-refractivity contribution in [3.8, 4) is 0 Å². The number of ketones is 1. The lowest BCUT2D eigenvalue weighted by Gasteiger charge is -2.12. The molecule has 204 valence electrons. The zero-order chi connectivity index (χ0) is 26.2. The van der Waals surface area contributed by atoms with Crippen LogP contribution in [0.5, 0.6) is 0 Å². The van der Waals surface area contributed by atoms with E-state index in [0.29, 0.717) is 58.9 Å². The van der Waals surface area contributed by atoms with E-state index < -0.39 is 0 Å². The number of Topliss-reactive ketones (excluding diaryl/α,β-unsaturated/α-hetero) is 1. The van der Waals surface area contributed by atoms with E-state index in [0.717, 1.165) is 12.8 Å². The fourth-order valence-corrected chi connectivity index (χ4v) is 2.63. The zero-order valence-electron chi connectivity index (χ0n) is 21.0. The molecule has 0 saturated heterocycles. The van der Waals surface area contributed by atoms with Gasteiger partial charge in [-0.15, -0.1) is 0 Å². The first kappa shape index (κ1) is 32.8. The number of hydrogen-bond donors (Lipinski definition) is 5. The highest BCUT2D eigenvalue weighted by Gasteiger charge is 2.11. The van der Waals surface area contributed by atoms with Gasteiger partial charge in [-0.3, -0.25) is 25.0 Å². The summed E-state index contributed by atoms with van der Waals surface area (Å²) in [7, 11) is 0. The molecule has 3 amide bonds. The first-order valence-corrected chi connectivity index (χ1v) is 12.0. The average Bonchev–Trinajstić information content (AvgIpc) is 2.84. The number of amides is 3. The molecule has 0 saturated carbocycles. The van der Waals surface area contributed by atoms with E-state index in [1.54, 1.807) is 6.92 Å². The number of hydrazine groups is 1. The first-order valence-electron chi connectivity index (χ1n) is 12.0. The van der Waals surface area contributed by atoms with Crippen LogP contribution < -0.4 is 27.2 Å². The molecule has 0 aromatic rings. The molecule has 13 heteroatoms. The van der Waals surface area contributed by atoms with Gasteiger partial charge in [-0.1, -0.05) is 6.92 Å². The van der Waals surface area contributed by atoms with Crippen LogP contribution in [0.3, 0.4) is 0 Å². The number of carbonyl (C=O) groups is 4. The maximum Gasteiger partial charge on any atom is 0.246 e. The Bertz CT molecular complexity index is 594. The summed E-state index contributed by atoms with van der Waals surface area (Å²) in [5.41, 5.74) is 2.47. The summed E-state index contributed by atoms with van der Waals surface area (Å²) in [4.78, 5) is 45.6. The van der Waals surface area contributed by atoms with Crippen LogP contribution in [0, 0.1) is 0 Å². The minimum absolute atomic E-state index is 0.00622. The number of rotatable bonds is 24. The van der Waals surface area contributed by atoms with Crippen molar-refractivity contribution < 1.29 is 38.1 Å². The van der Waals surface area contributed by atoms with Crippen molar-refractivity contribution in [1.29, 1.82) is 0 Å². The maximum absolute atomic E-state index is 11.7. The number of hydrogen-bond acceptors (Lipinski definition) is 10. The highest BCUT2D eigenvalue weighted by molar-refractivity contribution is 5.81. The average molecular weight is 506 g/mol. The van der Waals surface area contributed by atoms with Gasteiger partial charge in [0.2, 0.25) is 17.7 Å². The van der Waals surface area contributed by atoms with Crippen LogP contribution in [-0.4, -0.2) is 102 Å². The van der Waals surface area contributed by atoms with Gasteiger partial charge in [-0.2, -0.15) is 0 Å². The molecule has 35 heavy (non-hydrogen) atoms. The Morgan fingerprint density at radius 1 is 0.686 bits per heavy atom. The van der Waals surface area contributed by atoms with Gasteiger partial charge in [-0.25, -0.2) is 5.43 Å². The Hall–Kier alpha value is -2.16. The second-order valence-electron chi connectivity index (χ2n) is 7.56. The third kappa shape index (κ3) is 22.1. The van der Waals surface area contributed by atoms with Crippen LogP contribution in [0.25, 0.3) is 0 Å². The van der Waals surface area contributed by atoms with E-state index in [2.05, 4.69) is 21.4 Å². The van der Waals surface area contributed by atoms with E-state index in [-0.39, 0.29) is 56.0 Å². The third-order valence-corrected chi connectivity index (χ3v) is 4.60. The summed E-state index contributed by atoms with van der Waals surface area (Å²) in [5, 5.41) is 8.09. The SMILES string of the molecule is CCC(=O)NCCOCCOCC(=O)NCCOCCOCC(=O)NCCCC[C@H](NN)C(C)=O. The number of ether oxygens (including phenoxy) is 4. The molecule has 0 heterocycles. The molecule has 0 fully saturated rings. The highest BCUT2D eigenvalue weighted by Crippen LogP contribution is 2.00. The molecule has 0 aliphatic heterocycles. The lowest BCUT2D eigenvalue weighted by atomic mass is 10.1. The van der Waals surface area contributed by atoms with E-state index in [1.165, 1.54) is 6.92 Å². The van der Waals surface area contributed by atoms with Gasteiger partial charge in [0.05, 0.1) is 45.7 Å². The van der Waals surface area contributed by atoms with Crippen molar-refractivity contribution in [1.82, 2.24) is 21.4 Å². The molecule has 0 radical (unpaired) electrons. The topological polar surface area (TPSA) is 179 Å². The standard InChI is InChI=1S/C22H43N5O8/c1-3-20(29)25-8-10-32-12-15-35-17-22(31)26-9-11-33-13-14-34-16-21(30)24-7-5-4-6-19(27-23)18(2)28/h19,27H,3-17,23H2,1-2H3,(H,24,30)(H,25,29)(H,26,31)/t19-/m0/s1. The highest BCUT2D eigenvalue weighted by atomic mass is 16.5. The molecule has 6 N–H and O–H groups in total. The van der Waals surface area contributed by atoms with E-state index in [9.17, 15) is 19.2 Å². The van der Waals surface area contributed by atoms with Crippen LogP contribution in [0.2, 0.25) is 0 Å². The summed E-state index contributed by atoms with van der Waals surface area (Å²) in [6.45, 7) is 6.30. The quantitative estimate of drug-likeness (QED) is 0.0583. The molecular weight excluding hydrogens is 462 g/mol. The van der Waals surface area contributed by atoms with Crippen molar-refractivity contribution in [3.63, 3.8) is 0 Å². The summed E-state index contributed by atoms with van der Waals surface area (Å²) in [5.74, 6) is 4.80. The molecule has 0 aliphatic carbocycles. The lowest BCUT2D eigenvalue weighted by molar-refractivity contribution is -0.127. The number of unbranched alkanes of at least 4 members (excludes halogenated alkanes) is 1. The molecular formula is C22H43N5O8. The second-order valence-corrected chi connectivity index (χ2v) is 7.56. The van der Waals surface area contributed by atoms with Crippen molar-refractivity contribution >= 4 is 23.5 Å². The molecule has 0 bridgehead atoms. The summed E-state index contributed by atoms with van der Waals surface area (Å²) < 4.78 is 21.0. The van der Waals surface area contributed by atoms with Crippen LogP contribution in [0.15, 0.2) is 0 Å². The number of carbonyl (C=O) groups excluding carboxylic acids is 4. The maximum atomic E-state index is 11.7. The van der Waals surface area contributed by atoms with E-state index in [4.69, 9.17) is 24.8 Å². The van der Waals surface area contributed by atoms with Crippen molar-refractivity contribution in [2.45, 2.75) is 45.6 Å². The smallest absolute Gasteiger partial charge is 0.246 e. The number of nitrogens with two attached hydrogens (primary N) is 1. The minimum atomic E-state index is -0.348. The van der Waals surface area contributed by atoms with Gasteiger partial charge in [0, 0.05) is 26.1 Å². The largest absolute Gasteiger partial charge is 0.377 e. The molecule has 0 unspecified atom stereocenters. The predicted molar refractivity (Wildman–Crippen MR) is 128 cm³/mol. The van der Waals surface area contributed by atoms with Crippen molar-refractivity contribution in [2.24, 2.45) is 5.84 Å². The van der Waals surface area contributed by atoms with Crippen LogP contribution in [-0.2, 0) is 38.1 Å². The van der Waals surface area contributed by atoms with Gasteiger partial charge < -0.3 is 34.9 Å². The first-order chi connectivity index (χ1) is 16.9. The van der Waals surface area contributed by atoms with Crippen molar-refractivity contribution in [2.75, 3.05) is 72.5 Å². The normalized spacial score (nSPS) is 11.6. The lowest BCUT2D eigenvalue weighted by Crippen LogP contribution is -2.40. The fraction of sp³-hybridized carbons (Fsp3) is 0.818. The Morgan fingerprint density at radius 3 is 1.66 bits per heavy atom. The Morgan fingerprint density at radius 2 is 1.17 bits per heavy atom. The summed E-state index contributed by atoms with van der Waals surface area (Å²) in [6.07, 6.45) is 2.57. The molecule has 0 spiro atoms. The molecule has 0 rings (SSSR count). The minimum Gasteiger partial charge on any atom is -0.377 e. The summed E-state index contributed by atoms with van der Waals surface area (Å²) >= 11 is 0. The van der Waals surface area contributed by atoms with Gasteiger partial charge in [0.25, 0.3) is 0 Å². The Kier molecular flexibility index (Phi) is 22.1. The number of nitrogens with one attached hydrogen (secondary N) is 4. The van der Waals surface area contributed by atoms with Gasteiger partial charge in [-0.05, 0) is 26.2 Å². The Labute approximate surface area is 207 Å². The van der Waals surface area contributed by atoms with Gasteiger partial charge in [0.15, 0.2) is 0 Å². The Balaban J connectivity index is 3.39. The fourth-order valence-electron chi connectivity index (χ4n) is 2.63. The predicted octanol–water partition coefficient (Wildman–Crippen LogP) is -1.60. The third-order valence-electron chi connectivity index (χ3n) is 4.60. The molecule has 0 aromatic carbocycles. The molecule has 0 aliphatic rings. The molecule has 0 aromatic heterocycles. The van der Waals surface area contributed by atoms with E-state index in [1.807, 2.05) is 0 Å². The zero-order valence-corrected chi connectivity index (χ0v) is 21.0. The second kappa shape index (κ2) is 23.6. The molecule has 1 atom stereocenters.